The second-order valence-corrected chi connectivity index (χ2v) is 7.26. The summed E-state index contributed by atoms with van der Waals surface area (Å²) >= 11 is 2.10. The van der Waals surface area contributed by atoms with Crippen molar-refractivity contribution in [2.75, 3.05) is 19.6 Å². The van der Waals surface area contributed by atoms with Crippen molar-refractivity contribution in [1.29, 1.82) is 0 Å². The number of nitrogens with two attached hydrogens (primary N) is 1. The maximum atomic E-state index is 5.98. The maximum Gasteiger partial charge on any atom is 0.0327 e. The highest BCUT2D eigenvalue weighted by Gasteiger charge is 2.37. The smallest absolute Gasteiger partial charge is 0.0327 e. The summed E-state index contributed by atoms with van der Waals surface area (Å²) in [7, 11) is 0. The monoisotopic (exact) mass is 230 g/mol. The van der Waals surface area contributed by atoms with Crippen molar-refractivity contribution in [3.05, 3.63) is 0 Å². The third-order valence-electron chi connectivity index (χ3n) is 3.80. The third kappa shape index (κ3) is 2.89. The summed E-state index contributed by atoms with van der Waals surface area (Å²) in [5, 5.41) is 1.47. The van der Waals surface area contributed by atoms with E-state index in [1.165, 1.54) is 13.1 Å². The minimum Gasteiger partial charge on any atom is -0.329 e. The molecule has 0 bridgehead atoms. The predicted molar refractivity (Wildman–Crippen MR) is 70.4 cm³/mol. The molecule has 0 aromatic heterocycles. The molecule has 1 aliphatic rings. The molecule has 0 aromatic rings. The van der Waals surface area contributed by atoms with Gasteiger partial charge in [0.05, 0.1) is 0 Å². The van der Waals surface area contributed by atoms with Crippen LogP contribution < -0.4 is 5.73 Å². The molecule has 1 aliphatic heterocycles. The van der Waals surface area contributed by atoms with Crippen LogP contribution in [-0.4, -0.2) is 40.6 Å². The molecule has 90 valence electrons. The molecule has 0 aliphatic carbocycles. The summed E-state index contributed by atoms with van der Waals surface area (Å²) in [5.74, 6) is 0.616. The molecule has 3 heteroatoms. The molecule has 1 rings (SSSR count). The average Bonchev–Trinajstić information content (AvgIpc) is 2.14. The van der Waals surface area contributed by atoms with Gasteiger partial charge in [-0.3, -0.25) is 4.90 Å². The third-order valence-corrected chi connectivity index (χ3v) is 5.03. The quantitative estimate of drug-likeness (QED) is 0.806. The van der Waals surface area contributed by atoms with Crippen molar-refractivity contribution in [3.8, 4) is 0 Å². The van der Waals surface area contributed by atoms with E-state index in [1.54, 1.807) is 0 Å². The second-order valence-electron chi connectivity index (χ2n) is 5.38. The molecular weight excluding hydrogens is 204 g/mol. The first kappa shape index (κ1) is 13.3. The van der Waals surface area contributed by atoms with E-state index in [-0.39, 0.29) is 5.54 Å². The Morgan fingerprint density at radius 3 is 2.13 bits per heavy atom. The van der Waals surface area contributed by atoms with Crippen molar-refractivity contribution in [1.82, 2.24) is 4.90 Å². The fourth-order valence-electron chi connectivity index (χ4n) is 2.32. The minimum atomic E-state index is 0.170. The molecule has 0 radical (unpaired) electrons. The van der Waals surface area contributed by atoms with Gasteiger partial charge in [-0.05, 0) is 12.8 Å². The summed E-state index contributed by atoms with van der Waals surface area (Å²) in [5.41, 5.74) is 6.15. The fraction of sp³-hybridized carbons (Fsp3) is 1.00. The first-order valence-corrected chi connectivity index (χ1v) is 6.95. The van der Waals surface area contributed by atoms with Crippen LogP contribution in [0.5, 0.6) is 0 Å². The predicted octanol–water partition coefficient (Wildman–Crippen LogP) is 2.19. The summed E-state index contributed by atoms with van der Waals surface area (Å²) < 4.78 is 0. The SMILES string of the molecule is CC1CN(C(C)(CN)C(C)C)CC(C)S1. The standard InChI is InChI=1S/C12H26N2S/c1-9(2)12(5,8-13)14-6-10(3)15-11(4)7-14/h9-11H,6-8,13H2,1-5H3. The van der Waals surface area contributed by atoms with Gasteiger partial charge in [-0.1, -0.05) is 27.7 Å². The van der Waals surface area contributed by atoms with E-state index in [1.807, 2.05) is 0 Å². The zero-order valence-corrected chi connectivity index (χ0v) is 11.6. The summed E-state index contributed by atoms with van der Waals surface area (Å²) in [6.07, 6.45) is 0. The van der Waals surface area contributed by atoms with Gasteiger partial charge in [-0.2, -0.15) is 11.8 Å². The van der Waals surface area contributed by atoms with Gasteiger partial charge in [0.15, 0.2) is 0 Å². The van der Waals surface area contributed by atoms with E-state index in [4.69, 9.17) is 5.73 Å². The zero-order chi connectivity index (χ0) is 11.6. The molecule has 1 saturated heterocycles. The normalized spacial score (nSPS) is 33.0. The molecule has 1 heterocycles. The van der Waals surface area contributed by atoms with Crippen LogP contribution in [0.4, 0.5) is 0 Å². The number of nitrogens with zero attached hydrogens (tertiary/aromatic N) is 1. The molecule has 0 spiro atoms. The van der Waals surface area contributed by atoms with Gasteiger partial charge in [0, 0.05) is 35.7 Å². The largest absolute Gasteiger partial charge is 0.329 e. The highest BCUT2D eigenvalue weighted by molar-refractivity contribution is 8.00. The Hall–Kier alpha value is 0.270. The summed E-state index contributed by atoms with van der Waals surface area (Å²) in [6, 6.07) is 0. The van der Waals surface area contributed by atoms with Crippen molar-refractivity contribution in [3.63, 3.8) is 0 Å². The summed E-state index contributed by atoms with van der Waals surface area (Å²) in [6.45, 7) is 14.6. The molecule has 2 N–H and O–H groups in total. The maximum absolute atomic E-state index is 5.98. The lowest BCUT2D eigenvalue weighted by atomic mass is 9.86. The molecule has 3 unspecified atom stereocenters. The Kier molecular flexibility index (Phi) is 4.50. The number of rotatable bonds is 3. The molecule has 2 nitrogen and oxygen atoms in total. The molecule has 0 aromatic carbocycles. The Balaban J connectivity index is 2.75. The first-order valence-electron chi connectivity index (χ1n) is 6.00. The molecule has 3 atom stereocenters. The number of thioether (sulfide) groups is 1. The van der Waals surface area contributed by atoms with Gasteiger partial charge in [0.25, 0.3) is 0 Å². The topological polar surface area (TPSA) is 29.3 Å². The molecule has 0 saturated carbocycles. The van der Waals surface area contributed by atoms with E-state index in [9.17, 15) is 0 Å². The van der Waals surface area contributed by atoms with Crippen molar-refractivity contribution >= 4 is 11.8 Å². The highest BCUT2D eigenvalue weighted by Crippen LogP contribution is 2.32. The van der Waals surface area contributed by atoms with Crippen LogP contribution in [0, 0.1) is 5.92 Å². The molecule has 15 heavy (non-hydrogen) atoms. The van der Waals surface area contributed by atoms with Crippen LogP contribution >= 0.6 is 11.8 Å². The van der Waals surface area contributed by atoms with Gasteiger partial charge in [-0.25, -0.2) is 0 Å². The molecule has 1 fully saturated rings. The van der Waals surface area contributed by atoms with Gasteiger partial charge in [0.1, 0.15) is 0 Å². The van der Waals surface area contributed by atoms with Crippen molar-refractivity contribution < 1.29 is 0 Å². The minimum absolute atomic E-state index is 0.170. The van der Waals surface area contributed by atoms with E-state index < -0.39 is 0 Å². The van der Waals surface area contributed by atoms with Gasteiger partial charge in [0.2, 0.25) is 0 Å². The Bertz CT molecular complexity index is 198. The lowest BCUT2D eigenvalue weighted by Crippen LogP contribution is -2.59. The average molecular weight is 230 g/mol. The van der Waals surface area contributed by atoms with Crippen LogP contribution in [0.1, 0.15) is 34.6 Å². The second kappa shape index (κ2) is 5.07. The summed E-state index contributed by atoms with van der Waals surface area (Å²) in [4.78, 5) is 2.60. The highest BCUT2D eigenvalue weighted by atomic mass is 32.2. The Morgan fingerprint density at radius 2 is 1.80 bits per heavy atom. The van der Waals surface area contributed by atoms with Crippen LogP contribution in [0.15, 0.2) is 0 Å². The van der Waals surface area contributed by atoms with E-state index >= 15 is 0 Å². The van der Waals surface area contributed by atoms with Gasteiger partial charge < -0.3 is 5.73 Å². The number of hydrogen-bond donors (Lipinski definition) is 1. The van der Waals surface area contributed by atoms with Gasteiger partial charge >= 0.3 is 0 Å². The Labute approximate surface area is 99.0 Å². The Morgan fingerprint density at radius 1 is 1.33 bits per heavy atom. The number of hydrogen-bond acceptors (Lipinski definition) is 3. The van der Waals surface area contributed by atoms with Crippen LogP contribution in [0.3, 0.4) is 0 Å². The van der Waals surface area contributed by atoms with Crippen LogP contribution in [-0.2, 0) is 0 Å². The van der Waals surface area contributed by atoms with Crippen LogP contribution in [0.25, 0.3) is 0 Å². The fourth-order valence-corrected chi connectivity index (χ4v) is 3.65. The van der Waals surface area contributed by atoms with Crippen molar-refractivity contribution in [2.45, 2.75) is 50.7 Å². The van der Waals surface area contributed by atoms with Gasteiger partial charge in [-0.15, -0.1) is 0 Å². The zero-order valence-electron chi connectivity index (χ0n) is 10.8. The van der Waals surface area contributed by atoms with E-state index in [0.29, 0.717) is 5.92 Å². The lowest BCUT2D eigenvalue weighted by molar-refractivity contribution is 0.0657. The van der Waals surface area contributed by atoms with E-state index in [0.717, 1.165) is 17.0 Å². The lowest BCUT2D eigenvalue weighted by Gasteiger charge is -2.48. The molecular formula is C12H26N2S. The molecule has 0 amide bonds. The van der Waals surface area contributed by atoms with Crippen LogP contribution in [0.2, 0.25) is 0 Å². The first-order chi connectivity index (χ1) is 6.90. The van der Waals surface area contributed by atoms with Crippen molar-refractivity contribution in [2.24, 2.45) is 11.7 Å². The van der Waals surface area contributed by atoms with E-state index in [2.05, 4.69) is 51.3 Å².